The van der Waals surface area contributed by atoms with Gasteiger partial charge in [-0.3, -0.25) is 0 Å². The Morgan fingerprint density at radius 1 is 1.42 bits per heavy atom. The van der Waals surface area contributed by atoms with Gasteiger partial charge in [0.25, 0.3) is 0 Å². The number of benzene rings is 1. The molecule has 0 atom stereocenters. The summed E-state index contributed by atoms with van der Waals surface area (Å²) in [6.45, 7) is 5.28. The van der Waals surface area contributed by atoms with E-state index in [1.807, 2.05) is 18.3 Å². The van der Waals surface area contributed by atoms with E-state index in [1.165, 1.54) is 0 Å². The van der Waals surface area contributed by atoms with E-state index >= 15 is 0 Å². The maximum absolute atomic E-state index is 6.00. The Kier molecular flexibility index (Phi) is 4.32. The van der Waals surface area contributed by atoms with Crippen LogP contribution < -0.4 is 10.1 Å². The summed E-state index contributed by atoms with van der Waals surface area (Å²) in [4.78, 5) is 4.32. The van der Waals surface area contributed by atoms with E-state index in [9.17, 15) is 0 Å². The van der Waals surface area contributed by atoms with Gasteiger partial charge in [-0.2, -0.15) is 0 Å². The highest BCUT2D eigenvalue weighted by Crippen LogP contribution is 2.28. The van der Waals surface area contributed by atoms with Crippen LogP contribution >= 0.6 is 11.6 Å². The summed E-state index contributed by atoms with van der Waals surface area (Å²) in [7, 11) is 1.60. The molecule has 0 fully saturated rings. The molecule has 1 aromatic heterocycles. The normalized spacial score (nSPS) is 10.8. The summed E-state index contributed by atoms with van der Waals surface area (Å²) >= 11 is 6.00. The van der Waals surface area contributed by atoms with Gasteiger partial charge in [0.2, 0.25) is 5.95 Å². The molecule has 102 valence electrons. The van der Waals surface area contributed by atoms with Crippen LogP contribution in [0.2, 0.25) is 5.02 Å². The number of rotatable bonds is 5. The second-order valence-electron chi connectivity index (χ2n) is 4.77. The molecule has 0 aliphatic rings. The summed E-state index contributed by atoms with van der Waals surface area (Å²) in [6, 6.07) is 5.56. The van der Waals surface area contributed by atoms with Crippen LogP contribution in [0.4, 0.5) is 11.6 Å². The molecule has 1 heterocycles. The minimum absolute atomic E-state index is 0.564. The van der Waals surface area contributed by atoms with E-state index < -0.39 is 0 Å². The highest BCUT2D eigenvalue weighted by atomic mass is 35.5. The van der Waals surface area contributed by atoms with Crippen molar-refractivity contribution in [3.05, 3.63) is 35.6 Å². The maximum Gasteiger partial charge on any atom is 0.207 e. The first-order chi connectivity index (χ1) is 9.10. The second kappa shape index (κ2) is 5.97. The number of aromatic nitrogens is 2. The van der Waals surface area contributed by atoms with E-state index in [-0.39, 0.29) is 0 Å². The van der Waals surface area contributed by atoms with Crippen LogP contribution in [0.1, 0.15) is 13.8 Å². The zero-order valence-electron chi connectivity index (χ0n) is 11.4. The average molecular weight is 280 g/mol. The second-order valence-corrected chi connectivity index (χ2v) is 5.18. The lowest BCUT2D eigenvalue weighted by Crippen LogP contribution is -2.07. The van der Waals surface area contributed by atoms with Crippen molar-refractivity contribution in [2.24, 2.45) is 5.92 Å². The van der Waals surface area contributed by atoms with Gasteiger partial charge in [0.15, 0.2) is 0 Å². The number of ether oxygens (including phenoxy) is 1. The molecular formula is C14H18ClN3O. The number of nitrogens with one attached hydrogen (secondary N) is 1. The molecule has 5 heteroatoms. The molecule has 1 N–H and O–H groups in total. The van der Waals surface area contributed by atoms with Gasteiger partial charge in [-0.1, -0.05) is 25.4 Å². The van der Waals surface area contributed by atoms with Crippen LogP contribution in [-0.2, 0) is 6.54 Å². The molecule has 19 heavy (non-hydrogen) atoms. The number of anilines is 2. The summed E-state index contributed by atoms with van der Waals surface area (Å²) in [6.07, 6.45) is 3.76. The first-order valence-electron chi connectivity index (χ1n) is 6.22. The molecule has 0 saturated heterocycles. The summed E-state index contributed by atoms with van der Waals surface area (Å²) in [5.74, 6) is 2.03. The highest BCUT2D eigenvalue weighted by Gasteiger charge is 2.07. The molecule has 2 rings (SSSR count). The highest BCUT2D eigenvalue weighted by molar-refractivity contribution is 6.32. The monoisotopic (exact) mass is 279 g/mol. The van der Waals surface area contributed by atoms with Crippen LogP contribution in [-0.4, -0.2) is 16.7 Å². The van der Waals surface area contributed by atoms with Gasteiger partial charge in [-0.25, -0.2) is 4.98 Å². The molecule has 0 spiro atoms. The largest absolute Gasteiger partial charge is 0.495 e. The summed E-state index contributed by atoms with van der Waals surface area (Å²) in [5, 5.41) is 3.87. The zero-order valence-corrected chi connectivity index (χ0v) is 12.1. The SMILES string of the molecule is COc1cc(Nc2nccn2CC(C)C)ccc1Cl. The Morgan fingerprint density at radius 2 is 2.21 bits per heavy atom. The molecular weight excluding hydrogens is 262 g/mol. The van der Waals surface area contributed by atoms with Gasteiger partial charge in [0.1, 0.15) is 5.75 Å². The van der Waals surface area contributed by atoms with Gasteiger partial charge in [0, 0.05) is 30.7 Å². The molecule has 2 aromatic rings. The molecule has 0 radical (unpaired) electrons. The number of imidazole rings is 1. The topological polar surface area (TPSA) is 39.1 Å². The zero-order chi connectivity index (χ0) is 13.8. The first-order valence-corrected chi connectivity index (χ1v) is 6.59. The smallest absolute Gasteiger partial charge is 0.207 e. The minimum Gasteiger partial charge on any atom is -0.495 e. The standard InChI is InChI=1S/C14H18ClN3O/c1-10(2)9-18-7-6-16-14(18)17-11-4-5-12(15)13(8-11)19-3/h4-8,10H,9H2,1-3H3,(H,16,17). The van der Waals surface area contributed by atoms with Gasteiger partial charge < -0.3 is 14.6 Å². The molecule has 0 bridgehead atoms. The van der Waals surface area contributed by atoms with E-state index in [0.29, 0.717) is 16.7 Å². The van der Waals surface area contributed by atoms with Crippen LogP contribution in [0.3, 0.4) is 0 Å². The van der Waals surface area contributed by atoms with Crippen molar-refractivity contribution in [1.82, 2.24) is 9.55 Å². The van der Waals surface area contributed by atoms with Gasteiger partial charge >= 0.3 is 0 Å². The van der Waals surface area contributed by atoms with Crippen molar-refractivity contribution in [3.63, 3.8) is 0 Å². The van der Waals surface area contributed by atoms with E-state index in [4.69, 9.17) is 16.3 Å². The van der Waals surface area contributed by atoms with Crippen molar-refractivity contribution in [2.75, 3.05) is 12.4 Å². The van der Waals surface area contributed by atoms with E-state index in [2.05, 4.69) is 28.7 Å². The molecule has 0 aliphatic carbocycles. The Morgan fingerprint density at radius 3 is 2.89 bits per heavy atom. The third kappa shape index (κ3) is 3.41. The third-order valence-corrected chi connectivity index (χ3v) is 3.00. The number of nitrogens with zero attached hydrogens (tertiary/aromatic N) is 2. The van der Waals surface area contributed by atoms with Crippen molar-refractivity contribution < 1.29 is 4.74 Å². The van der Waals surface area contributed by atoms with Crippen molar-refractivity contribution in [3.8, 4) is 5.75 Å². The summed E-state index contributed by atoms with van der Waals surface area (Å²) in [5.41, 5.74) is 0.900. The molecule has 0 unspecified atom stereocenters. The molecule has 1 aromatic carbocycles. The summed E-state index contributed by atoms with van der Waals surface area (Å²) < 4.78 is 7.29. The van der Waals surface area contributed by atoms with Crippen LogP contribution in [0.25, 0.3) is 0 Å². The number of methoxy groups -OCH3 is 1. The van der Waals surface area contributed by atoms with E-state index in [0.717, 1.165) is 18.2 Å². The van der Waals surface area contributed by atoms with Crippen molar-refractivity contribution in [2.45, 2.75) is 20.4 Å². The molecule has 4 nitrogen and oxygen atoms in total. The number of halogens is 1. The quantitative estimate of drug-likeness (QED) is 0.901. The Balaban J connectivity index is 2.19. The fourth-order valence-electron chi connectivity index (χ4n) is 1.84. The Bertz CT molecular complexity index is 551. The minimum atomic E-state index is 0.564. The van der Waals surface area contributed by atoms with Crippen LogP contribution in [0.15, 0.2) is 30.6 Å². The molecule has 0 aliphatic heterocycles. The fraction of sp³-hybridized carbons (Fsp3) is 0.357. The van der Waals surface area contributed by atoms with E-state index in [1.54, 1.807) is 19.4 Å². The molecule has 0 amide bonds. The average Bonchev–Trinajstić information content (AvgIpc) is 2.78. The Labute approximate surface area is 118 Å². The lowest BCUT2D eigenvalue weighted by Gasteiger charge is -2.12. The van der Waals surface area contributed by atoms with Gasteiger partial charge in [-0.15, -0.1) is 0 Å². The molecule has 0 saturated carbocycles. The predicted octanol–water partition coefficient (Wildman–Crippen LogP) is 3.94. The maximum atomic E-state index is 6.00. The lowest BCUT2D eigenvalue weighted by atomic mass is 10.2. The fourth-order valence-corrected chi connectivity index (χ4v) is 2.04. The lowest BCUT2D eigenvalue weighted by molar-refractivity contribution is 0.415. The predicted molar refractivity (Wildman–Crippen MR) is 78.4 cm³/mol. The van der Waals surface area contributed by atoms with Crippen LogP contribution in [0.5, 0.6) is 5.75 Å². The van der Waals surface area contributed by atoms with Crippen molar-refractivity contribution in [1.29, 1.82) is 0 Å². The number of hydrogen-bond acceptors (Lipinski definition) is 3. The Hall–Kier alpha value is -1.68. The third-order valence-electron chi connectivity index (χ3n) is 2.68. The van der Waals surface area contributed by atoms with Gasteiger partial charge in [0.05, 0.1) is 12.1 Å². The first kappa shape index (κ1) is 13.7. The van der Waals surface area contributed by atoms with Crippen molar-refractivity contribution >= 4 is 23.2 Å². The van der Waals surface area contributed by atoms with Gasteiger partial charge in [-0.05, 0) is 18.1 Å². The van der Waals surface area contributed by atoms with Crippen LogP contribution in [0, 0.1) is 5.92 Å². The number of hydrogen-bond donors (Lipinski definition) is 1.